The number of carbonyl (C=O) groups excluding carboxylic acids is 2. The summed E-state index contributed by atoms with van der Waals surface area (Å²) in [4.78, 5) is 29.2. The van der Waals surface area contributed by atoms with Gasteiger partial charge in [0, 0.05) is 44.8 Å². The molecule has 0 bridgehead atoms. The minimum absolute atomic E-state index is 0.0158. The quantitative estimate of drug-likeness (QED) is 0.682. The molecule has 1 saturated heterocycles. The molecule has 7 nitrogen and oxygen atoms in total. The number of ether oxygens (including phenoxy) is 1. The number of benzene rings is 2. The lowest BCUT2D eigenvalue weighted by molar-refractivity contribution is -0.117. The van der Waals surface area contributed by atoms with Gasteiger partial charge >= 0.3 is 0 Å². The van der Waals surface area contributed by atoms with Crippen molar-refractivity contribution in [2.24, 2.45) is 0 Å². The third-order valence-corrected chi connectivity index (χ3v) is 5.61. The van der Waals surface area contributed by atoms with Gasteiger partial charge in [0.05, 0.1) is 19.3 Å². The molecule has 0 aromatic heterocycles. The van der Waals surface area contributed by atoms with Crippen LogP contribution in [0.25, 0.3) is 0 Å². The monoisotopic (exact) mass is 424 g/mol. The summed E-state index contributed by atoms with van der Waals surface area (Å²) in [7, 11) is 1.59. The van der Waals surface area contributed by atoms with E-state index in [1.165, 1.54) is 0 Å². The lowest BCUT2D eigenvalue weighted by atomic mass is 10.1. The largest absolute Gasteiger partial charge is 0.495 e. The average Bonchev–Trinajstić information content (AvgIpc) is 2.76. The number of nitrogens with one attached hydrogen (secondary N) is 2. The van der Waals surface area contributed by atoms with E-state index >= 15 is 0 Å². The predicted octanol–water partition coefficient (Wildman–Crippen LogP) is 2.90. The van der Waals surface area contributed by atoms with E-state index in [4.69, 9.17) is 4.74 Å². The first kappa shape index (κ1) is 22.8. The van der Waals surface area contributed by atoms with Crippen LogP contribution in [0, 0.1) is 13.8 Å². The summed E-state index contributed by atoms with van der Waals surface area (Å²) < 4.78 is 5.27. The minimum Gasteiger partial charge on any atom is -0.495 e. The Morgan fingerprint density at radius 1 is 0.871 bits per heavy atom. The first-order valence-electron chi connectivity index (χ1n) is 10.7. The van der Waals surface area contributed by atoms with Gasteiger partial charge < -0.3 is 20.3 Å². The highest BCUT2D eigenvalue weighted by molar-refractivity contribution is 5.94. The molecule has 0 unspecified atom stereocenters. The molecule has 2 N–H and O–H groups in total. The van der Waals surface area contributed by atoms with Crippen LogP contribution in [0.4, 0.5) is 11.4 Å². The Bertz CT molecular complexity index is 887. The Labute approximate surface area is 184 Å². The number of hydrogen-bond donors (Lipinski definition) is 2. The predicted molar refractivity (Wildman–Crippen MR) is 124 cm³/mol. The van der Waals surface area contributed by atoms with Crippen LogP contribution in [-0.4, -0.2) is 68.0 Å². The second kappa shape index (κ2) is 10.9. The number of para-hydroxylation sites is 3. The van der Waals surface area contributed by atoms with Crippen LogP contribution in [-0.2, 0) is 9.59 Å². The van der Waals surface area contributed by atoms with Crippen LogP contribution >= 0.6 is 0 Å². The van der Waals surface area contributed by atoms with Crippen molar-refractivity contribution in [2.45, 2.75) is 20.3 Å². The number of amides is 2. The molecular formula is C24H32N4O3. The van der Waals surface area contributed by atoms with Crippen LogP contribution in [0.5, 0.6) is 5.75 Å². The number of nitrogens with zero attached hydrogens (tertiary/aromatic N) is 2. The topological polar surface area (TPSA) is 73.9 Å². The summed E-state index contributed by atoms with van der Waals surface area (Å²) >= 11 is 0. The summed E-state index contributed by atoms with van der Waals surface area (Å²) in [6.07, 6.45) is 0.422. The SMILES string of the molecule is COc1ccccc1NC(=O)CCN1CCN(CC(=O)Nc2c(C)cccc2C)CC1. The molecule has 1 heterocycles. The molecule has 0 spiro atoms. The maximum absolute atomic E-state index is 12.5. The van der Waals surface area contributed by atoms with Crippen molar-refractivity contribution in [3.8, 4) is 5.75 Å². The molecule has 0 atom stereocenters. The number of aryl methyl sites for hydroxylation is 2. The second-order valence-electron chi connectivity index (χ2n) is 7.93. The highest BCUT2D eigenvalue weighted by Crippen LogP contribution is 2.23. The number of methoxy groups -OCH3 is 1. The normalized spacial score (nSPS) is 14.8. The number of anilines is 2. The van der Waals surface area contributed by atoms with Crippen LogP contribution in [0.3, 0.4) is 0 Å². The fraction of sp³-hybridized carbons (Fsp3) is 0.417. The van der Waals surface area contributed by atoms with Crippen molar-refractivity contribution < 1.29 is 14.3 Å². The third-order valence-electron chi connectivity index (χ3n) is 5.61. The smallest absolute Gasteiger partial charge is 0.238 e. The van der Waals surface area contributed by atoms with Gasteiger partial charge in [0.2, 0.25) is 11.8 Å². The van der Waals surface area contributed by atoms with Crippen molar-refractivity contribution in [1.29, 1.82) is 0 Å². The maximum atomic E-state index is 12.5. The maximum Gasteiger partial charge on any atom is 0.238 e. The Morgan fingerprint density at radius 3 is 2.19 bits per heavy atom. The van der Waals surface area contributed by atoms with Gasteiger partial charge in [0.1, 0.15) is 5.75 Å². The van der Waals surface area contributed by atoms with Crippen LogP contribution < -0.4 is 15.4 Å². The van der Waals surface area contributed by atoms with Crippen molar-refractivity contribution in [3.63, 3.8) is 0 Å². The fourth-order valence-electron chi connectivity index (χ4n) is 3.78. The van der Waals surface area contributed by atoms with Crippen molar-refractivity contribution in [1.82, 2.24) is 9.80 Å². The van der Waals surface area contributed by atoms with E-state index in [-0.39, 0.29) is 11.8 Å². The van der Waals surface area contributed by atoms with E-state index in [1.54, 1.807) is 7.11 Å². The number of rotatable bonds is 8. The lowest BCUT2D eigenvalue weighted by Gasteiger charge is -2.34. The van der Waals surface area contributed by atoms with Crippen LogP contribution in [0.1, 0.15) is 17.5 Å². The Hall–Kier alpha value is -2.90. The van der Waals surface area contributed by atoms with Gasteiger partial charge in [-0.3, -0.25) is 14.5 Å². The van der Waals surface area contributed by atoms with E-state index in [2.05, 4.69) is 20.4 Å². The van der Waals surface area contributed by atoms with Gasteiger partial charge in [0.15, 0.2) is 0 Å². The molecule has 2 aromatic carbocycles. The molecule has 3 rings (SSSR count). The molecule has 0 saturated carbocycles. The molecule has 166 valence electrons. The van der Waals surface area contributed by atoms with Crippen LogP contribution in [0.2, 0.25) is 0 Å². The Balaban J connectivity index is 1.38. The van der Waals surface area contributed by atoms with Gasteiger partial charge in [0.25, 0.3) is 0 Å². The van der Waals surface area contributed by atoms with E-state index in [9.17, 15) is 9.59 Å². The van der Waals surface area contributed by atoms with Gasteiger partial charge in [-0.25, -0.2) is 0 Å². The third kappa shape index (κ3) is 6.54. The van der Waals surface area contributed by atoms with E-state index in [0.717, 1.165) is 43.0 Å². The van der Waals surface area contributed by atoms with Crippen molar-refractivity contribution in [2.75, 3.05) is 57.0 Å². The summed E-state index contributed by atoms with van der Waals surface area (Å²) in [5.41, 5.74) is 3.75. The number of hydrogen-bond acceptors (Lipinski definition) is 5. The molecule has 1 fully saturated rings. The average molecular weight is 425 g/mol. The Kier molecular flexibility index (Phi) is 8.03. The molecule has 2 aromatic rings. The molecular weight excluding hydrogens is 392 g/mol. The van der Waals surface area contributed by atoms with Gasteiger partial charge in [-0.05, 0) is 37.1 Å². The Morgan fingerprint density at radius 2 is 1.52 bits per heavy atom. The summed E-state index contributed by atoms with van der Waals surface area (Å²) in [6, 6.07) is 13.4. The molecule has 2 amide bonds. The number of carbonyl (C=O) groups is 2. The standard InChI is InChI=1S/C24H32N4O3/c1-18-7-6-8-19(2)24(18)26-23(30)17-28-15-13-27(14-16-28)12-11-22(29)25-20-9-4-5-10-21(20)31-3/h4-10H,11-17H2,1-3H3,(H,25,29)(H,26,30). The highest BCUT2D eigenvalue weighted by atomic mass is 16.5. The lowest BCUT2D eigenvalue weighted by Crippen LogP contribution is -2.49. The summed E-state index contributed by atoms with van der Waals surface area (Å²) in [5.74, 6) is 0.644. The first-order chi connectivity index (χ1) is 15.0. The van der Waals surface area contributed by atoms with Gasteiger partial charge in [-0.2, -0.15) is 0 Å². The van der Waals surface area contributed by atoms with Gasteiger partial charge in [-0.15, -0.1) is 0 Å². The molecule has 0 radical (unpaired) electrons. The van der Waals surface area contributed by atoms with E-state index < -0.39 is 0 Å². The van der Waals surface area contributed by atoms with E-state index in [1.807, 2.05) is 56.3 Å². The van der Waals surface area contributed by atoms with E-state index in [0.29, 0.717) is 30.9 Å². The summed E-state index contributed by atoms with van der Waals surface area (Å²) in [6.45, 7) is 8.41. The van der Waals surface area contributed by atoms with Gasteiger partial charge in [-0.1, -0.05) is 30.3 Å². The highest BCUT2D eigenvalue weighted by Gasteiger charge is 2.20. The number of piperazine rings is 1. The molecule has 31 heavy (non-hydrogen) atoms. The summed E-state index contributed by atoms with van der Waals surface area (Å²) in [5, 5.41) is 5.97. The zero-order chi connectivity index (χ0) is 22.2. The molecule has 0 aliphatic carbocycles. The molecule has 7 heteroatoms. The first-order valence-corrected chi connectivity index (χ1v) is 10.7. The minimum atomic E-state index is -0.0279. The van der Waals surface area contributed by atoms with Crippen molar-refractivity contribution >= 4 is 23.2 Å². The zero-order valence-corrected chi connectivity index (χ0v) is 18.6. The second-order valence-corrected chi connectivity index (χ2v) is 7.93. The zero-order valence-electron chi connectivity index (χ0n) is 18.6. The fourth-order valence-corrected chi connectivity index (χ4v) is 3.78. The van der Waals surface area contributed by atoms with Crippen LogP contribution in [0.15, 0.2) is 42.5 Å². The van der Waals surface area contributed by atoms with Crippen molar-refractivity contribution in [3.05, 3.63) is 53.6 Å². The molecule has 1 aliphatic rings. The molecule has 1 aliphatic heterocycles.